The van der Waals surface area contributed by atoms with Crippen molar-refractivity contribution >= 4 is 17.7 Å². The third-order valence-electron chi connectivity index (χ3n) is 3.52. The molecule has 0 bridgehead atoms. The fraction of sp³-hybridized carbons (Fsp3) is 0.900. The third kappa shape index (κ3) is 1.98. The quantitative estimate of drug-likeness (QED) is 0.490. The van der Waals surface area contributed by atoms with Crippen molar-refractivity contribution in [2.24, 2.45) is 5.41 Å². The fourth-order valence-electron chi connectivity index (χ4n) is 1.00. The summed E-state index contributed by atoms with van der Waals surface area (Å²) >= 11 is 4.82. The van der Waals surface area contributed by atoms with Crippen molar-refractivity contribution in [2.75, 3.05) is 7.05 Å². The highest BCUT2D eigenvalue weighted by Gasteiger charge is 2.37. The van der Waals surface area contributed by atoms with Crippen LogP contribution in [0.3, 0.4) is 0 Å². The molecule has 0 saturated carbocycles. The third-order valence-corrected chi connectivity index (χ3v) is 3.79. The van der Waals surface area contributed by atoms with E-state index in [2.05, 4.69) is 40.1 Å². The lowest BCUT2D eigenvalue weighted by Gasteiger charge is -2.46. The van der Waals surface area contributed by atoms with Gasteiger partial charge in [0, 0.05) is 12.6 Å². The van der Waals surface area contributed by atoms with Crippen LogP contribution in [0.4, 0.5) is 0 Å². The molecule has 0 aromatic carbocycles. The lowest BCUT2D eigenvalue weighted by atomic mass is 9.72. The second kappa shape index (κ2) is 3.73. The molecule has 0 aliphatic carbocycles. The Hall–Kier alpha value is -0.110. The van der Waals surface area contributed by atoms with Gasteiger partial charge in [0.25, 0.3) is 0 Å². The zero-order valence-electron chi connectivity index (χ0n) is 9.06. The fourth-order valence-corrected chi connectivity index (χ4v) is 1.23. The van der Waals surface area contributed by atoms with Crippen LogP contribution < -0.4 is 0 Å². The average molecular weight is 186 g/mol. The van der Waals surface area contributed by atoms with Gasteiger partial charge in [0.2, 0.25) is 0 Å². The Morgan fingerprint density at radius 3 is 1.92 bits per heavy atom. The van der Waals surface area contributed by atoms with E-state index in [4.69, 9.17) is 12.2 Å². The molecule has 0 heterocycles. The summed E-state index contributed by atoms with van der Waals surface area (Å²) in [5.74, 6) is 0. The molecule has 1 nitrogen and oxygen atoms in total. The maximum Gasteiger partial charge on any atom is 0.137 e. The molecule has 0 aliphatic rings. The van der Waals surface area contributed by atoms with Crippen molar-refractivity contribution in [3.8, 4) is 0 Å². The normalized spacial score (nSPS) is 12.8. The Kier molecular flexibility index (Phi) is 3.70. The van der Waals surface area contributed by atoms with Gasteiger partial charge in [0.1, 0.15) is 5.49 Å². The minimum absolute atomic E-state index is 0.0729. The number of nitrogens with zero attached hydrogens (tertiary/aromatic N) is 1. The van der Waals surface area contributed by atoms with Gasteiger partial charge in [-0.25, -0.2) is 0 Å². The van der Waals surface area contributed by atoms with Crippen molar-refractivity contribution in [1.29, 1.82) is 0 Å². The number of thiocarbonyl (C=S) groups is 1. The molecular formula is C10H20NS. The zero-order valence-corrected chi connectivity index (χ0v) is 9.88. The Balaban J connectivity index is 4.69. The summed E-state index contributed by atoms with van der Waals surface area (Å²) in [4.78, 5) is 1.99. The van der Waals surface area contributed by atoms with E-state index in [-0.39, 0.29) is 11.0 Å². The van der Waals surface area contributed by atoms with E-state index >= 15 is 0 Å². The van der Waals surface area contributed by atoms with Crippen molar-refractivity contribution < 1.29 is 0 Å². The highest BCUT2D eigenvalue weighted by Crippen LogP contribution is 2.36. The summed E-state index contributed by atoms with van der Waals surface area (Å²) in [5, 5.41) is 0. The van der Waals surface area contributed by atoms with Gasteiger partial charge in [-0.1, -0.05) is 33.0 Å². The van der Waals surface area contributed by atoms with Gasteiger partial charge in [-0.2, -0.15) is 0 Å². The van der Waals surface area contributed by atoms with Gasteiger partial charge in [0.15, 0.2) is 0 Å². The smallest absolute Gasteiger partial charge is 0.137 e. The monoisotopic (exact) mass is 186 g/mol. The summed E-state index contributed by atoms with van der Waals surface area (Å²) in [5.41, 5.74) is 3.09. The summed E-state index contributed by atoms with van der Waals surface area (Å²) in [6.07, 6.45) is 1.14. The Morgan fingerprint density at radius 2 is 1.67 bits per heavy atom. The van der Waals surface area contributed by atoms with Crippen LogP contribution in [0.15, 0.2) is 0 Å². The van der Waals surface area contributed by atoms with E-state index in [1.165, 1.54) is 0 Å². The van der Waals surface area contributed by atoms with Gasteiger partial charge >= 0.3 is 0 Å². The summed E-state index contributed by atoms with van der Waals surface area (Å²) in [7, 11) is 1.99. The molecule has 0 aromatic heterocycles. The minimum Gasteiger partial charge on any atom is -0.358 e. The number of rotatable bonds is 4. The van der Waals surface area contributed by atoms with E-state index in [0.29, 0.717) is 0 Å². The van der Waals surface area contributed by atoms with Crippen LogP contribution in [-0.2, 0) is 0 Å². The van der Waals surface area contributed by atoms with Crippen LogP contribution in [0.5, 0.6) is 0 Å². The van der Waals surface area contributed by atoms with Crippen LogP contribution >= 0.6 is 12.2 Å². The summed E-state index contributed by atoms with van der Waals surface area (Å²) in [6, 6.07) is 0. The molecule has 71 valence electrons. The SMILES string of the molecule is CCC(C)(C)C(C)(C)N(C)[C]=S. The molecule has 0 fully saturated rings. The van der Waals surface area contributed by atoms with Crippen molar-refractivity contribution in [1.82, 2.24) is 4.90 Å². The lowest BCUT2D eigenvalue weighted by Crippen LogP contribution is -2.51. The largest absolute Gasteiger partial charge is 0.358 e. The Bertz CT molecular complexity index is 161. The first kappa shape index (κ1) is 11.9. The average Bonchev–Trinajstić information content (AvgIpc) is 2.02. The molecule has 0 unspecified atom stereocenters. The molecular weight excluding hydrogens is 166 g/mol. The minimum atomic E-state index is 0.0729. The van der Waals surface area contributed by atoms with E-state index in [1.807, 2.05) is 11.9 Å². The van der Waals surface area contributed by atoms with Crippen molar-refractivity contribution in [2.45, 2.75) is 46.6 Å². The van der Waals surface area contributed by atoms with Gasteiger partial charge in [-0.05, 0) is 25.7 Å². The predicted molar refractivity (Wildman–Crippen MR) is 58.5 cm³/mol. The van der Waals surface area contributed by atoms with Crippen molar-refractivity contribution in [3.63, 3.8) is 0 Å². The molecule has 0 spiro atoms. The van der Waals surface area contributed by atoms with Crippen LogP contribution in [0.2, 0.25) is 0 Å². The highest BCUT2D eigenvalue weighted by atomic mass is 32.1. The van der Waals surface area contributed by atoms with E-state index < -0.39 is 0 Å². The molecule has 12 heavy (non-hydrogen) atoms. The van der Waals surface area contributed by atoms with Crippen LogP contribution in [0, 0.1) is 5.41 Å². The number of hydrogen-bond donors (Lipinski definition) is 0. The van der Waals surface area contributed by atoms with E-state index in [1.54, 1.807) is 0 Å². The topological polar surface area (TPSA) is 3.24 Å². The summed E-state index contributed by atoms with van der Waals surface area (Å²) in [6.45, 7) is 11.1. The second-order valence-electron chi connectivity index (χ2n) is 4.45. The lowest BCUT2D eigenvalue weighted by molar-refractivity contribution is 0.0832. The van der Waals surface area contributed by atoms with E-state index in [0.717, 1.165) is 6.42 Å². The Morgan fingerprint density at radius 1 is 1.25 bits per heavy atom. The molecule has 2 heteroatoms. The molecule has 0 saturated heterocycles. The van der Waals surface area contributed by atoms with Gasteiger partial charge in [0.05, 0.1) is 0 Å². The molecule has 0 amide bonds. The molecule has 1 radical (unpaired) electrons. The molecule has 0 atom stereocenters. The van der Waals surface area contributed by atoms with Crippen LogP contribution in [0.1, 0.15) is 41.0 Å². The Labute approximate surface area is 82.1 Å². The highest BCUT2D eigenvalue weighted by molar-refractivity contribution is 7.78. The van der Waals surface area contributed by atoms with Crippen LogP contribution in [-0.4, -0.2) is 23.0 Å². The molecule has 0 aromatic rings. The second-order valence-corrected chi connectivity index (χ2v) is 4.63. The molecule has 0 aliphatic heterocycles. The maximum atomic E-state index is 4.82. The van der Waals surface area contributed by atoms with E-state index in [9.17, 15) is 0 Å². The zero-order chi connectivity index (χ0) is 9.99. The number of hydrogen-bond acceptors (Lipinski definition) is 1. The van der Waals surface area contributed by atoms with Gasteiger partial charge in [-0.3, -0.25) is 0 Å². The summed E-state index contributed by atoms with van der Waals surface area (Å²) < 4.78 is 0. The predicted octanol–water partition coefficient (Wildman–Crippen LogP) is 2.97. The van der Waals surface area contributed by atoms with Crippen molar-refractivity contribution in [3.05, 3.63) is 0 Å². The van der Waals surface area contributed by atoms with Crippen LogP contribution in [0.25, 0.3) is 0 Å². The standard InChI is InChI=1S/C10H20NS/c1-7-9(2,3)10(4,5)11(6)8-12/h7H2,1-6H3. The first-order chi connectivity index (χ1) is 5.29. The molecule has 0 rings (SSSR count). The maximum absolute atomic E-state index is 4.82. The first-order valence-corrected chi connectivity index (χ1v) is 4.82. The molecule has 0 N–H and O–H groups in total. The first-order valence-electron chi connectivity index (χ1n) is 4.41. The van der Waals surface area contributed by atoms with Gasteiger partial charge in [-0.15, -0.1) is 0 Å². The van der Waals surface area contributed by atoms with Gasteiger partial charge < -0.3 is 4.90 Å².